The standard InChI is InChI=1S/C19H19NO2/c1-20(2)19-6-4-3-5-16(19)12-18(17-8-10-22-14-17)11-15-7-9-21-13-15/h3-11,13-14H,12H2,1-2H3/b18-11-. The molecule has 0 unspecified atom stereocenters. The van der Waals surface area contributed by atoms with Crippen LogP contribution in [0.15, 0.2) is 70.3 Å². The molecule has 0 saturated heterocycles. The number of anilines is 1. The van der Waals surface area contributed by atoms with Gasteiger partial charge in [0.2, 0.25) is 0 Å². The molecule has 0 saturated carbocycles. The minimum Gasteiger partial charge on any atom is -0.472 e. The number of rotatable bonds is 5. The van der Waals surface area contributed by atoms with Crippen LogP contribution in [0.4, 0.5) is 5.69 Å². The van der Waals surface area contributed by atoms with Crippen LogP contribution in [0.25, 0.3) is 11.6 Å². The Morgan fingerprint density at radius 1 is 1.00 bits per heavy atom. The van der Waals surface area contributed by atoms with Crippen LogP contribution in [0, 0.1) is 0 Å². The molecule has 0 amide bonds. The topological polar surface area (TPSA) is 29.5 Å². The molecule has 3 aromatic rings. The molecule has 0 spiro atoms. The SMILES string of the molecule is CN(C)c1ccccc1C/C(=C/c1ccoc1)c1ccoc1. The highest BCUT2D eigenvalue weighted by Gasteiger charge is 2.10. The van der Waals surface area contributed by atoms with Gasteiger partial charge in [0.05, 0.1) is 25.1 Å². The monoisotopic (exact) mass is 293 g/mol. The third kappa shape index (κ3) is 3.14. The lowest BCUT2D eigenvalue weighted by atomic mass is 9.97. The number of hydrogen-bond donors (Lipinski definition) is 0. The second-order valence-corrected chi connectivity index (χ2v) is 5.44. The van der Waals surface area contributed by atoms with Gasteiger partial charge in [-0.15, -0.1) is 0 Å². The number of furan rings is 2. The van der Waals surface area contributed by atoms with Crippen LogP contribution in [0.1, 0.15) is 16.7 Å². The molecule has 3 heteroatoms. The van der Waals surface area contributed by atoms with Crippen LogP contribution >= 0.6 is 0 Å². The van der Waals surface area contributed by atoms with E-state index in [1.807, 2.05) is 12.1 Å². The zero-order valence-electron chi connectivity index (χ0n) is 12.8. The average molecular weight is 293 g/mol. The molecule has 112 valence electrons. The smallest absolute Gasteiger partial charge is 0.0977 e. The predicted octanol–water partition coefficient (Wildman–Crippen LogP) is 4.72. The summed E-state index contributed by atoms with van der Waals surface area (Å²) in [6.07, 6.45) is 9.89. The van der Waals surface area contributed by atoms with Gasteiger partial charge in [-0.05, 0) is 35.4 Å². The molecule has 22 heavy (non-hydrogen) atoms. The lowest BCUT2D eigenvalue weighted by molar-refractivity contribution is 0.566. The summed E-state index contributed by atoms with van der Waals surface area (Å²) < 4.78 is 10.4. The van der Waals surface area contributed by atoms with E-state index in [0.717, 1.165) is 17.5 Å². The maximum Gasteiger partial charge on any atom is 0.0977 e. The van der Waals surface area contributed by atoms with Gasteiger partial charge in [0.25, 0.3) is 0 Å². The van der Waals surface area contributed by atoms with Gasteiger partial charge in [0.1, 0.15) is 0 Å². The molecule has 2 heterocycles. The first kappa shape index (κ1) is 14.3. The first-order chi connectivity index (χ1) is 10.7. The summed E-state index contributed by atoms with van der Waals surface area (Å²) >= 11 is 0. The Labute approximate surface area is 130 Å². The van der Waals surface area contributed by atoms with Crippen molar-refractivity contribution >= 4 is 17.3 Å². The van der Waals surface area contributed by atoms with Gasteiger partial charge >= 0.3 is 0 Å². The van der Waals surface area contributed by atoms with Gasteiger partial charge in [0.15, 0.2) is 0 Å². The minimum atomic E-state index is 0.832. The molecule has 3 nitrogen and oxygen atoms in total. The van der Waals surface area contributed by atoms with Crippen LogP contribution in [-0.2, 0) is 6.42 Å². The van der Waals surface area contributed by atoms with E-state index in [-0.39, 0.29) is 0 Å². The fraction of sp³-hybridized carbons (Fsp3) is 0.158. The third-order valence-corrected chi connectivity index (χ3v) is 3.63. The fourth-order valence-electron chi connectivity index (χ4n) is 2.54. The first-order valence-electron chi connectivity index (χ1n) is 7.24. The molecule has 0 N–H and O–H groups in total. The lowest BCUT2D eigenvalue weighted by Crippen LogP contribution is -2.11. The van der Waals surface area contributed by atoms with Crippen molar-refractivity contribution in [1.82, 2.24) is 0 Å². The number of allylic oxidation sites excluding steroid dienone is 1. The number of para-hydroxylation sites is 1. The van der Waals surface area contributed by atoms with Crippen molar-refractivity contribution in [2.24, 2.45) is 0 Å². The summed E-state index contributed by atoms with van der Waals surface area (Å²) in [5.41, 5.74) is 5.85. The zero-order chi connectivity index (χ0) is 15.4. The van der Waals surface area contributed by atoms with Gasteiger partial charge in [-0.2, -0.15) is 0 Å². The Balaban J connectivity index is 1.98. The van der Waals surface area contributed by atoms with Crippen LogP contribution in [0.3, 0.4) is 0 Å². The fourth-order valence-corrected chi connectivity index (χ4v) is 2.54. The molecule has 0 atom stereocenters. The second-order valence-electron chi connectivity index (χ2n) is 5.44. The molecule has 0 aliphatic heterocycles. The first-order valence-corrected chi connectivity index (χ1v) is 7.24. The zero-order valence-corrected chi connectivity index (χ0v) is 12.8. The van der Waals surface area contributed by atoms with Crippen molar-refractivity contribution in [2.45, 2.75) is 6.42 Å². The van der Waals surface area contributed by atoms with Gasteiger partial charge in [0, 0.05) is 37.3 Å². The molecular formula is C19H19NO2. The number of hydrogen-bond acceptors (Lipinski definition) is 3. The van der Waals surface area contributed by atoms with E-state index in [1.165, 1.54) is 16.8 Å². The highest BCUT2D eigenvalue weighted by molar-refractivity contribution is 5.83. The summed E-state index contributed by atoms with van der Waals surface area (Å²) in [5, 5.41) is 0. The van der Waals surface area contributed by atoms with Crippen molar-refractivity contribution in [3.63, 3.8) is 0 Å². The molecule has 0 bridgehead atoms. The van der Waals surface area contributed by atoms with E-state index in [1.54, 1.807) is 25.1 Å². The normalized spacial score (nSPS) is 11.6. The van der Waals surface area contributed by atoms with E-state index in [0.29, 0.717) is 0 Å². The third-order valence-electron chi connectivity index (χ3n) is 3.63. The summed E-state index contributed by atoms with van der Waals surface area (Å²) in [5.74, 6) is 0. The Bertz CT molecular complexity index is 738. The average Bonchev–Trinajstić information content (AvgIpc) is 3.20. The van der Waals surface area contributed by atoms with Crippen molar-refractivity contribution in [3.8, 4) is 0 Å². The predicted molar refractivity (Wildman–Crippen MR) is 89.8 cm³/mol. The van der Waals surface area contributed by atoms with E-state index in [4.69, 9.17) is 8.83 Å². The Hall–Kier alpha value is -2.68. The molecule has 1 aromatic carbocycles. The maximum absolute atomic E-state index is 5.26. The summed E-state index contributed by atoms with van der Waals surface area (Å²) in [4.78, 5) is 2.14. The van der Waals surface area contributed by atoms with Crippen LogP contribution in [-0.4, -0.2) is 14.1 Å². The van der Waals surface area contributed by atoms with Gasteiger partial charge < -0.3 is 13.7 Å². The van der Waals surface area contributed by atoms with Crippen LogP contribution in [0.5, 0.6) is 0 Å². The van der Waals surface area contributed by atoms with E-state index < -0.39 is 0 Å². The van der Waals surface area contributed by atoms with Gasteiger partial charge in [-0.25, -0.2) is 0 Å². The largest absolute Gasteiger partial charge is 0.472 e. The molecule has 0 radical (unpaired) electrons. The van der Waals surface area contributed by atoms with Crippen LogP contribution < -0.4 is 4.90 Å². The summed E-state index contributed by atoms with van der Waals surface area (Å²) in [6.45, 7) is 0. The summed E-state index contributed by atoms with van der Waals surface area (Å²) in [6, 6.07) is 12.4. The van der Waals surface area contributed by atoms with Crippen molar-refractivity contribution < 1.29 is 8.83 Å². The van der Waals surface area contributed by atoms with Gasteiger partial charge in [-0.1, -0.05) is 18.2 Å². The maximum atomic E-state index is 5.26. The molecule has 0 aliphatic rings. The second kappa shape index (κ2) is 6.39. The molecule has 0 fully saturated rings. The van der Waals surface area contributed by atoms with E-state index in [2.05, 4.69) is 49.3 Å². The van der Waals surface area contributed by atoms with Gasteiger partial charge in [-0.3, -0.25) is 0 Å². The van der Waals surface area contributed by atoms with Crippen molar-refractivity contribution in [2.75, 3.05) is 19.0 Å². The molecule has 2 aromatic heterocycles. The van der Waals surface area contributed by atoms with Crippen molar-refractivity contribution in [1.29, 1.82) is 0 Å². The molecule has 3 rings (SSSR count). The highest BCUT2D eigenvalue weighted by Crippen LogP contribution is 2.28. The summed E-state index contributed by atoms with van der Waals surface area (Å²) in [7, 11) is 4.13. The molecular weight excluding hydrogens is 274 g/mol. The Morgan fingerprint density at radius 2 is 1.77 bits per heavy atom. The Morgan fingerprint density at radius 3 is 2.45 bits per heavy atom. The lowest BCUT2D eigenvalue weighted by Gasteiger charge is -2.18. The number of benzene rings is 1. The van der Waals surface area contributed by atoms with E-state index >= 15 is 0 Å². The molecule has 0 aliphatic carbocycles. The van der Waals surface area contributed by atoms with E-state index in [9.17, 15) is 0 Å². The van der Waals surface area contributed by atoms with Crippen LogP contribution in [0.2, 0.25) is 0 Å². The quantitative estimate of drug-likeness (QED) is 0.681. The Kier molecular flexibility index (Phi) is 4.15. The highest BCUT2D eigenvalue weighted by atomic mass is 16.3. The number of nitrogens with zero attached hydrogens (tertiary/aromatic N) is 1. The van der Waals surface area contributed by atoms with Crippen molar-refractivity contribution in [3.05, 3.63) is 78.1 Å². The minimum absolute atomic E-state index is 0.832.